The molecule has 1 rings (SSSR count). The first-order valence-corrected chi connectivity index (χ1v) is 5.77. The Morgan fingerprint density at radius 3 is 2.33 bits per heavy atom. The van der Waals surface area contributed by atoms with Gasteiger partial charge in [0.1, 0.15) is 4.75 Å². The maximum absolute atomic E-state index is 11.7. The van der Waals surface area contributed by atoms with E-state index in [1.165, 1.54) is 0 Å². The zero-order valence-corrected chi connectivity index (χ0v) is 9.20. The summed E-state index contributed by atoms with van der Waals surface area (Å²) in [7, 11) is 0. The summed E-state index contributed by atoms with van der Waals surface area (Å²) in [5.74, 6) is 0.757. The highest BCUT2D eigenvalue weighted by molar-refractivity contribution is 7.90. The predicted octanol–water partition coefficient (Wildman–Crippen LogP) is 1.84. The van der Waals surface area contributed by atoms with Gasteiger partial charge < -0.3 is 4.55 Å². The van der Waals surface area contributed by atoms with E-state index in [2.05, 4.69) is 18.6 Å². The second-order valence-electron chi connectivity index (χ2n) is 4.50. The van der Waals surface area contributed by atoms with E-state index in [-0.39, 0.29) is 4.75 Å². The molecule has 0 spiro atoms. The van der Waals surface area contributed by atoms with Crippen molar-refractivity contribution in [3.63, 3.8) is 0 Å². The van der Waals surface area contributed by atoms with Crippen molar-refractivity contribution in [1.29, 1.82) is 0 Å². The van der Waals surface area contributed by atoms with E-state index >= 15 is 0 Å². The third-order valence-electron chi connectivity index (χ3n) is 2.35. The lowest BCUT2D eigenvalue weighted by Crippen LogP contribution is -2.53. The van der Waals surface area contributed by atoms with Crippen molar-refractivity contribution in [1.82, 2.24) is 4.72 Å². The van der Waals surface area contributed by atoms with Crippen LogP contribution < -0.4 is 4.72 Å². The van der Waals surface area contributed by atoms with Crippen LogP contribution in [0.3, 0.4) is 0 Å². The lowest BCUT2D eigenvalue weighted by molar-refractivity contribution is 0.251. The Morgan fingerprint density at radius 2 is 2.00 bits per heavy atom. The third-order valence-corrected chi connectivity index (χ3v) is 4.26. The maximum Gasteiger partial charge on any atom is 0.143 e. The summed E-state index contributed by atoms with van der Waals surface area (Å²) in [6.07, 6.45) is 2.19. The van der Waals surface area contributed by atoms with E-state index in [1.807, 2.05) is 13.8 Å². The fourth-order valence-corrected chi connectivity index (χ4v) is 3.51. The van der Waals surface area contributed by atoms with Gasteiger partial charge in [-0.2, -0.15) is 0 Å². The quantitative estimate of drug-likeness (QED) is 0.687. The van der Waals surface area contributed by atoms with Crippen molar-refractivity contribution in [2.24, 2.45) is 5.92 Å². The molecule has 0 aromatic heterocycles. The van der Waals surface area contributed by atoms with Crippen LogP contribution in [0.5, 0.6) is 0 Å². The average molecular weight is 189 g/mol. The highest BCUT2D eigenvalue weighted by Crippen LogP contribution is 2.42. The maximum atomic E-state index is 11.7. The van der Waals surface area contributed by atoms with Gasteiger partial charge in [-0.3, -0.25) is 0 Å². The number of hydrogen-bond acceptors (Lipinski definition) is 2. The Kier molecular flexibility index (Phi) is 3.07. The number of rotatable bonds is 3. The van der Waals surface area contributed by atoms with Crippen molar-refractivity contribution in [3.05, 3.63) is 0 Å². The van der Waals surface area contributed by atoms with Gasteiger partial charge in [0, 0.05) is 30.2 Å². The van der Waals surface area contributed by atoms with Gasteiger partial charge in [0.25, 0.3) is 0 Å². The minimum atomic E-state index is -0.844. The van der Waals surface area contributed by atoms with Crippen LogP contribution in [0.25, 0.3) is 0 Å². The van der Waals surface area contributed by atoms with Crippen molar-refractivity contribution >= 4 is 11.4 Å². The highest BCUT2D eigenvalue weighted by Gasteiger charge is 2.48. The average Bonchev–Trinajstić information content (AvgIpc) is 1.82. The smallest absolute Gasteiger partial charge is 0.143 e. The molecule has 0 aromatic carbocycles. The van der Waals surface area contributed by atoms with E-state index in [0.29, 0.717) is 6.04 Å². The summed E-state index contributed by atoms with van der Waals surface area (Å²) in [5.41, 5.74) is 0. The van der Waals surface area contributed by atoms with Crippen LogP contribution >= 0.6 is 0 Å². The summed E-state index contributed by atoms with van der Waals surface area (Å²) in [4.78, 5) is 0. The van der Waals surface area contributed by atoms with Crippen LogP contribution in [0, 0.1) is 5.92 Å². The van der Waals surface area contributed by atoms with E-state index < -0.39 is 11.4 Å². The molecule has 1 fully saturated rings. The molecule has 0 radical (unpaired) electrons. The Labute approximate surface area is 78.4 Å². The van der Waals surface area contributed by atoms with Gasteiger partial charge in [-0.05, 0) is 26.7 Å². The standard InChI is InChI=1S/C9H19NOS/c1-7(2)10-12(11)9(4)5-8(3)6-9/h7-8,10H,5-6H2,1-4H3. The van der Waals surface area contributed by atoms with Crippen LogP contribution in [-0.4, -0.2) is 15.3 Å². The van der Waals surface area contributed by atoms with Crippen LogP contribution in [0.1, 0.15) is 40.5 Å². The normalized spacial score (nSPS) is 38.0. The van der Waals surface area contributed by atoms with Gasteiger partial charge in [-0.15, -0.1) is 4.72 Å². The molecule has 1 aliphatic rings. The molecule has 2 nitrogen and oxygen atoms in total. The SMILES string of the molecule is CC1CC(C)([S+]([O-])NC(C)C)C1. The summed E-state index contributed by atoms with van der Waals surface area (Å²) in [6, 6.07) is 0.318. The topological polar surface area (TPSA) is 35.1 Å². The van der Waals surface area contributed by atoms with Crippen LogP contribution in [0.2, 0.25) is 0 Å². The monoisotopic (exact) mass is 189 g/mol. The van der Waals surface area contributed by atoms with Gasteiger partial charge in [0.2, 0.25) is 0 Å². The van der Waals surface area contributed by atoms with E-state index in [1.54, 1.807) is 0 Å². The fourth-order valence-electron chi connectivity index (χ4n) is 1.92. The third kappa shape index (κ3) is 2.15. The molecule has 1 saturated carbocycles. The van der Waals surface area contributed by atoms with Crippen molar-refractivity contribution in [3.8, 4) is 0 Å². The van der Waals surface area contributed by atoms with Gasteiger partial charge in [0.05, 0.1) is 0 Å². The van der Waals surface area contributed by atoms with Crippen molar-refractivity contribution in [2.75, 3.05) is 0 Å². The molecule has 1 aliphatic carbocycles. The summed E-state index contributed by atoms with van der Waals surface area (Å²) < 4.78 is 14.8. The zero-order chi connectivity index (χ0) is 9.35. The number of nitrogens with one attached hydrogen (secondary N) is 1. The lowest BCUT2D eigenvalue weighted by Gasteiger charge is -2.43. The molecule has 12 heavy (non-hydrogen) atoms. The van der Waals surface area contributed by atoms with Gasteiger partial charge in [-0.1, -0.05) is 6.92 Å². The molecule has 72 valence electrons. The Morgan fingerprint density at radius 1 is 1.50 bits per heavy atom. The molecule has 0 bridgehead atoms. The van der Waals surface area contributed by atoms with E-state index in [9.17, 15) is 4.55 Å². The first-order valence-electron chi connectivity index (χ1n) is 4.62. The van der Waals surface area contributed by atoms with Crippen molar-refractivity contribution in [2.45, 2.75) is 51.3 Å². The number of hydrogen-bond donors (Lipinski definition) is 1. The molecule has 0 heterocycles. The lowest BCUT2D eigenvalue weighted by atomic mass is 9.76. The predicted molar refractivity (Wildman–Crippen MR) is 53.2 cm³/mol. The molecule has 1 atom stereocenters. The van der Waals surface area contributed by atoms with E-state index in [4.69, 9.17) is 0 Å². The minimum absolute atomic E-state index is 0.0453. The molecule has 1 unspecified atom stereocenters. The molecular weight excluding hydrogens is 170 g/mol. The minimum Gasteiger partial charge on any atom is -0.598 e. The first-order chi connectivity index (χ1) is 5.44. The van der Waals surface area contributed by atoms with Crippen LogP contribution in [0.4, 0.5) is 0 Å². The highest BCUT2D eigenvalue weighted by atomic mass is 32.2. The molecule has 0 aliphatic heterocycles. The van der Waals surface area contributed by atoms with Crippen LogP contribution in [0.15, 0.2) is 0 Å². The van der Waals surface area contributed by atoms with Gasteiger partial charge >= 0.3 is 0 Å². The first kappa shape index (κ1) is 10.4. The Hall–Kier alpha value is 0.270. The summed E-state index contributed by atoms with van der Waals surface area (Å²) >= 11 is -0.844. The molecule has 3 heteroatoms. The fraction of sp³-hybridized carbons (Fsp3) is 1.00. The molecule has 0 saturated heterocycles. The molecule has 0 aromatic rings. The van der Waals surface area contributed by atoms with Gasteiger partial charge in [-0.25, -0.2) is 0 Å². The molecule has 0 amide bonds. The Bertz CT molecular complexity index is 155. The summed E-state index contributed by atoms with van der Waals surface area (Å²) in [5, 5.41) is 0. The Balaban J connectivity index is 2.37. The summed E-state index contributed by atoms with van der Waals surface area (Å²) in [6.45, 7) is 8.39. The second kappa shape index (κ2) is 3.56. The van der Waals surface area contributed by atoms with Gasteiger partial charge in [0.15, 0.2) is 0 Å². The molecule has 1 N–H and O–H groups in total. The molecular formula is C9H19NOS. The second-order valence-corrected chi connectivity index (χ2v) is 6.26. The van der Waals surface area contributed by atoms with Crippen LogP contribution in [-0.2, 0) is 11.4 Å². The largest absolute Gasteiger partial charge is 0.598 e. The van der Waals surface area contributed by atoms with Crippen molar-refractivity contribution < 1.29 is 4.55 Å². The zero-order valence-electron chi connectivity index (χ0n) is 8.39. The van der Waals surface area contributed by atoms with E-state index in [0.717, 1.165) is 18.8 Å².